The Morgan fingerprint density at radius 2 is 2.44 bits per heavy atom. The molecule has 0 aromatic rings. The Morgan fingerprint density at radius 1 is 1.89 bits per heavy atom. The Morgan fingerprint density at radius 3 is 2.56 bits per heavy atom. The molecule has 6 heteroatoms. The van der Waals surface area contributed by atoms with Gasteiger partial charge in [0.05, 0.1) is 0 Å². The van der Waals surface area contributed by atoms with Gasteiger partial charge >= 0.3 is 5.97 Å². The molecule has 0 spiro atoms. The minimum atomic E-state index is -1.20. The van der Waals surface area contributed by atoms with Crippen molar-refractivity contribution in [2.24, 2.45) is 0 Å². The SMILES string of the molecule is O=[PH2]NC(CS)C(=O)O. The van der Waals surface area contributed by atoms with Crippen LogP contribution >= 0.6 is 21.2 Å². The van der Waals surface area contributed by atoms with Crippen LogP contribution in [0, 0.1) is 0 Å². The monoisotopic (exact) mass is 169 g/mol. The van der Waals surface area contributed by atoms with Gasteiger partial charge in [-0.25, -0.2) is 0 Å². The number of carbonyl (C=O) groups is 1. The topological polar surface area (TPSA) is 66.4 Å². The van der Waals surface area contributed by atoms with E-state index >= 15 is 0 Å². The number of thiol groups is 1. The lowest BCUT2D eigenvalue weighted by Crippen LogP contribution is -2.32. The lowest BCUT2D eigenvalue weighted by Gasteiger charge is -2.04. The second-order valence-corrected chi connectivity index (χ2v) is 2.29. The molecule has 0 rings (SSSR count). The van der Waals surface area contributed by atoms with Gasteiger partial charge < -0.3 is 9.67 Å². The number of aliphatic carboxylic acids is 1. The van der Waals surface area contributed by atoms with Crippen molar-refractivity contribution in [3.63, 3.8) is 0 Å². The van der Waals surface area contributed by atoms with Gasteiger partial charge in [0.2, 0.25) is 0 Å². The van der Waals surface area contributed by atoms with Crippen molar-refractivity contribution in [3.8, 4) is 0 Å². The molecular formula is C3H8NO3PS. The van der Waals surface area contributed by atoms with Crippen LogP contribution in [0.5, 0.6) is 0 Å². The van der Waals surface area contributed by atoms with Gasteiger partial charge in [0.1, 0.15) is 14.7 Å². The summed E-state index contributed by atoms with van der Waals surface area (Å²) < 4.78 is 9.88. The Balaban J connectivity index is 3.67. The largest absolute Gasteiger partial charge is 0.480 e. The fourth-order valence-electron chi connectivity index (χ4n) is 0.284. The van der Waals surface area contributed by atoms with Gasteiger partial charge in [-0.1, -0.05) is 0 Å². The molecule has 0 heterocycles. The minimum Gasteiger partial charge on any atom is -0.480 e. The summed E-state index contributed by atoms with van der Waals surface area (Å²) in [6.45, 7) is 0. The first kappa shape index (κ1) is 9.01. The number of carboxylic acids is 1. The number of nitrogens with one attached hydrogen (secondary N) is 1. The number of hydrogen-bond acceptors (Lipinski definition) is 3. The number of hydrogen-bond donors (Lipinski definition) is 3. The Kier molecular flexibility index (Phi) is 4.85. The maximum Gasteiger partial charge on any atom is 0.321 e. The molecule has 0 saturated carbocycles. The molecule has 4 nitrogen and oxygen atoms in total. The van der Waals surface area contributed by atoms with Gasteiger partial charge in [-0.2, -0.15) is 12.6 Å². The molecule has 0 aromatic carbocycles. The van der Waals surface area contributed by atoms with Crippen molar-refractivity contribution < 1.29 is 14.5 Å². The quantitative estimate of drug-likeness (QED) is 0.397. The molecule has 0 bridgehead atoms. The fraction of sp³-hybridized carbons (Fsp3) is 0.667. The smallest absolute Gasteiger partial charge is 0.321 e. The first-order valence-corrected chi connectivity index (χ1v) is 3.94. The van der Waals surface area contributed by atoms with Crippen LogP contribution in [-0.2, 0) is 9.36 Å². The summed E-state index contributed by atoms with van der Waals surface area (Å²) in [5, 5.41) is 10.6. The molecule has 0 aliphatic carbocycles. The molecule has 0 aliphatic heterocycles. The summed E-state index contributed by atoms with van der Waals surface area (Å²) in [5.74, 6) is -0.863. The maximum atomic E-state index is 10.1. The standard InChI is InChI=1S/C3H8NO3PS/c5-3(6)2(1-9)4-8-7/h2,9H,1,8H2,(H,4,7)(H,5,6). The molecule has 54 valence electrons. The van der Waals surface area contributed by atoms with E-state index in [1.54, 1.807) is 0 Å². The van der Waals surface area contributed by atoms with Crippen LogP contribution in [0.3, 0.4) is 0 Å². The number of carboxylic acid groups (broad SMARTS) is 1. The zero-order valence-electron chi connectivity index (χ0n) is 4.57. The second-order valence-electron chi connectivity index (χ2n) is 1.36. The van der Waals surface area contributed by atoms with E-state index < -0.39 is 20.6 Å². The first-order valence-electron chi connectivity index (χ1n) is 2.25. The van der Waals surface area contributed by atoms with E-state index in [1.165, 1.54) is 0 Å². The van der Waals surface area contributed by atoms with E-state index in [0.717, 1.165) is 0 Å². The van der Waals surface area contributed by atoms with Crippen molar-refractivity contribution in [1.82, 2.24) is 5.09 Å². The fourth-order valence-corrected chi connectivity index (χ4v) is 1.17. The van der Waals surface area contributed by atoms with Crippen LogP contribution in [0.25, 0.3) is 0 Å². The van der Waals surface area contributed by atoms with Crippen molar-refractivity contribution in [2.75, 3.05) is 5.75 Å². The molecule has 0 fully saturated rings. The zero-order valence-corrected chi connectivity index (χ0v) is 6.62. The summed E-state index contributed by atoms with van der Waals surface area (Å²) in [7, 11) is -1.20. The summed E-state index contributed by atoms with van der Waals surface area (Å²) in [6, 6.07) is -0.777. The van der Waals surface area contributed by atoms with Crippen LogP contribution in [0.1, 0.15) is 0 Å². The van der Waals surface area contributed by atoms with Gasteiger partial charge in [-0.3, -0.25) is 9.88 Å². The third kappa shape index (κ3) is 3.56. The van der Waals surface area contributed by atoms with E-state index in [-0.39, 0.29) is 5.75 Å². The lowest BCUT2D eigenvalue weighted by molar-refractivity contribution is -0.138. The Hall–Kier alpha value is 0.01000. The minimum absolute atomic E-state index is 0.157. The van der Waals surface area contributed by atoms with Crippen molar-refractivity contribution in [1.29, 1.82) is 0 Å². The highest BCUT2D eigenvalue weighted by atomic mass is 32.1. The molecular weight excluding hydrogens is 161 g/mol. The first-order chi connectivity index (χ1) is 4.22. The maximum absolute atomic E-state index is 10.1. The highest BCUT2D eigenvalue weighted by Crippen LogP contribution is 1.93. The molecule has 9 heavy (non-hydrogen) atoms. The Bertz CT molecular complexity index is 120. The van der Waals surface area contributed by atoms with Gasteiger partial charge in [-0.15, -0.1) is 0 Å². The molecule has 2 N–H and O–H groups in total. The van der Waals surface area contributed by atoms with Crippen LogP contribution in [0.4, 0.5) is 0 Å². The molecule has 2 unspecified atom stereocenters. The van der Waals surface area contributed by atoms with Crippen molar-refractivity contribution in [3.05, 3.63) is 0 Å². The van der Waals surface area contributed by atoms with Crippen molar-refractivity contribution >= 4 is 27.2 Å². The molecule has 2 atom stereocenters. The summed E-state index contributed by atoms with van der Waals surface area (Å²) in [6.07, 6.45) is 0. The third-order valence-electron chi connectivity index (χ3n) is 0.750. The van der Waals surface area contributed by atoms with Gasteiger partial charge in [0.25, 0.3) is 0 Å². The molecule has 0 aromatic heterocycles. The van der Waals surface area contributed by atoms with E-state index in [4.69, 9.17) is 5.11 Å². The predicted molar refractivity (Wildman–Crippen MR) is 38.8 cm³/mol. The van der Waals surface area contributed by atoms with E-state index in [9.17, 15) is 9.36 Å². The van der Waals surface area contributed by atoms with Gasteiger partial charge in [-0.05, 0) is 0 Å². The zero-order chi connectivity index (χ0) is 7.28. The highest BCUT2D eigenvalue weighted by Gasteiger charge is 2.12. The normalized spacial score (nSPS) is 14.3. The molecule has 0 saturated heterocycles. The average molecular weight is 169 g/mol. The lowest BCUT2D eigenvalue weighted by atomic mass is 10.4. The van der Waals surface area contributed by atoms with E-state index in [1.807, 2.05) is 0 Å². The van der Waals surface area contributed by atoms with Gasteiger partial charge in [0.15, 0.2) is 0 Å². The average Bonchev–Trinajstić information content (AvgIpc) is 1.82. The molecule has 0 radical (unpaired) electrons. The van der Waals surface area contributed by atoms with E-state index in [0.29, 0.717) is 0 Å². The third-order valence-corrected chi connectivity index (χ3v) is 1.65. The van der Waals surface area contributed by atoms with Crippen LogP contribution < -0.4 is 5.09 Å². The van der Waals surface area contributed by atoms with Gasteiger partial charge in [0, 0.05) is 5.75 Å². The Labute approximate surface area is 59.3 Å². The van der Waals surface area contributed by atoms with E-state index in [2.05, 4.69) is 17.7 Å². The number of rotatable bonds is 4. The predicted octanol–water partition coefficient (Wildman–Crippen LogP) is -0.370. The van der Waals surface area contributed by atoms with Crippen LogP contribution in [-0.4, -0.2) is 22.9 Å². The summed E-state index contributed by atoms with van der Waals surface area (Å²) in [4.78, 5) is 10.1. The summed E-state index contributed by atoms with van der Waals surface area (Å²) >= 11 is 3.72. The van der Waals surface area contributed by atoms with Crippen molar-refractivity contribution in [2.45, 2.75) is 6.04 Å². The van der Waals surface area contributed by atoms with Crippen LogP contribution in [0.15, 0.2) is 0 Å². The molecule has 0 amide bonds. The summed E-state index contributed by atoms with van der Waals surface area (Å²) in [5.41, 5.74) is 0. The highest BCUT2D eigenvalue weighted by molar-refractivity contribution is 7.80. The van der Waals surface area contributed by atoms with Crippen LogP contribution in [0.2, 0.25) is 0 Å². The molecule has 0 aliphatic rings. The second kappa shape index (κ2) is 4.85.